The van der Waals surface area contributed by atoms with Crippen LogP contribution in [0.5, 0.6) is 0 Å². The molecule has 0 saturated heterocycles. The van der Waals surface area contributed by atoms with Crippen molar-refractivity contribution in [1.29, 1.82) is 0 Å². The highest BCUT2D eigenvalue weighted by molar-refractivity contribution is 7.86. The third-order valence-corrected chi connectivity index (χ3v) is 14.1. The van der Waals surface area contributed by atoms with Gasteiger partial charge in [0.2, 0.25) is 0 Å². The van der Waals surface area contributed by atoms with E-state index in [9.17, 15) is 0 Å². The molecule has 0 fully saturated rings. The van der Waals surface area contributed by atoms with Gasteiger partial charge in [-0.1, -0.05) is 170 Å². The molecule has 3 nitrogen and oxygen atoms in total. The minimum absolute atomic E-state index is 0.831. The second kappa shape index (κ2) is 11.5. The standard InChI is InChI=1S/C49H31N2OP/c52-53(34-15-3-1-4-16-34,35-17-5-2-6-18-35)48-41-22-10-8-20-38(41)46(39-21-9-11-23-42(39)48)33-28-29-36-32(31-33)27-30-40-37-19-7-12-24-43(37)49-50-44-25-13-14-26-45(44)51(49)47(36)40/h1-31H. The van der Waals surface area contributed by atoms with Crippen molar-refractivity contribution >= 4 is 93.7 Å². The molecule has 0 radical (unpaired) electrons. The number of hydrogen-bond acceptors (Lipinski definition) is 2. The normalized spacial score (nSPS) is 12.2. The first kappa shape index (κ1) is 30.1. The lowest BCUT2D eigenvalue weighted by molar-refractivity contribution is 0.593. The van der Waals surface area contributed by atoms with E-state index >= 15 is 4.57 Å². The third kappa shape index (κ3) is 4.29. The van der Waals surface area contributed by atoms with E-state index in [1.807, 2.05) is 60.7 Å². The summed E-state index contributed by atoms with van der Waals surface area (Å²) in [4.78, 5) is 5.15. The molecule has 11 rings (SSSR count). The van der Waals surface area contributed by atoms with Crippen LogP contribution >= 0.6 is 7.14 Å². The number of hydrogen-bond donors (Lipinski definition) is 0. The van der Waals surface area contributed by atoms with Crippen LogP contribution in [0.2, 0.25) is 0 Å². The van der Waals surface area contributed by atoms with Crippen molar-refractivity contribution in [3.05, 3.63) is 188 Å². The SMILES string of the molecule is O=P(c1ccccc1)(c1ccccc1)c1c2ccccc2c(-c2ccc3c(ccc4c5ccccc5c5nc6ccccc6n5c34)c2)c2ccccc12. The summed E-state index contributed by atoms with van der Waals surface area (Å²) < 4.78 is 18.4. The van der Waals surface area contributed by atoms with E-state index in [2.05, 4.69) is 132 Å². The molecule has 0 bridgehead atoms. The Morgan fingerprint density at radius 3 is 1.62 bits per heavy atom. The summed E-state index contributed by atoms with van der Waals surface area (Å²) in [6.07, 6.45) is 0. The van der Waals surface area contributed by atoms with Gasteiger partial charge in [0.1, 0.15) is 5.65 Å². The van der Waals surface area contributed by atoms with Crippen molar-refractivity contribution in [2.45, 2.75) is 0 Å². The van der Waals surface area contributed by atoms with Crippen LogP contribution in [0, 0.1) is 0 Å². The van der Waals surface area contributed by atoms with E-state index in [0.29, 0.717) is 0 Å². The zero-order chi connectivity index (χ0) is 35.1. The highest BCUT2D eigenvalue weighted by atomic mass is 31.2. The lowest BCUT2D eigenvalue weighted by atomic mass is 9.90. The topological polar surface area (TPSA) is 34.4 Å². The van der Waals surface area contributed by atoms with Crippen LogP contribution < -0.4 is 15.9 Å². The molecule has 4 heteroatoms. The molecule has 0 aliphatic carbocycles. The highest BCUT2D eigenvalue weighted by Crippen LogP contribution is 2.49. The number of fused-ring (bicyclic) bond motifs is 12. The molecule has 0 atom stereocenters. The zero-order valence-corrected chi connectivity index (χ0v) is 29.5. The molecule has 2 heterocycles. The van der Waals surface area contributed by atoms with Crippen molar-refractivity contribution in [2.24, 2.45) is 0 Å². The fourth-order valence-corrected chi connectivity index (χ4v) is 11.8. The minimum Gasteiger partial charge on any atom is -0.309 e. The van der Waals surface area contributed by atoms with Gasteiger partial charge in [-0.25, -0.2) is 4.98 Å². The van der Waals surface area contributed by atoms with Gasteiger partial charge in [0, 0.05) is 32.1 Å². The molecule has 0 spiro atoms. The highest BCUT2D eigenvalue weighted by Gasteiger charge is 2.34. The fourth-order valence-electron chi connectivity index (χ4n) is 8.71. The number of rotatable bonds is 4. The number of nitrogens with zero attached hydrogens (tertiary/aromatic N) is 2. The van der Waals surface area contributed by atoms with Gasteiger partial charge in [0.15, 0.2) is 7.14 Å². The Kier molecular flexibility index (Phi) is 6.53. The summed E-state index contributed by atoms with van der Waals surface area (Å²) >= 11 is 0. The minimum atomic E-state index is -3.31. The van der Waals surface area contributed by atoms with E-state index in [1.54, 1.807) is 0 Å². The van der Waals surface area contributed by atoms with Gasteiger partial charge in [-0.2, -0.15) is 0 Å². The van der Waals surface area contributed by atoms with Crippen LogP contribution in [0.4, 0.5) is 0 Å². The predicted molar refractivity (Wildman–Crippen MR) is 225 cm³/mol. The Balaban J connectivity index is 1.24. The van der Waals surface area contributed by atoms with Gasteiger partial charge >= 0.3 is 0 Å². The van der Waals surface area contributed by atoms with Crippen LogP contribution in [0.15, 0.2) is 188 Å². The molecular formula is C49H31N2OP. The van der Waals surface area contributed by atoms with Crippen LogP contribution in [-0.2, 0) is 4.57 Å². The fraction of sp³-hybridized carbons (Fsp3) is 0. The monoisotopic (exact) mass is 694 g/mol. The Labute approximate surface area is 305 Å². The molecule has 248 valence electrons. The number of imidazole rings is 1. The van der Waals surface area contributed by atoms with Crippen molar-refractivity contribution in [3.63, 3.8) is 0 Å². The smallest absolute Gasteiger partial charge is 0.172 e. The molecular weight excluding hydrogens is 664 g/mol. The van der Waals surface area contributed by atoms with Crippen LogP contribution in [0.3, 0.4) is 0 Å². The zero-order valence-electron chi connectivity index (χ0n) is 28.6. The van der Waals surface area contributed by atoms with Crippen molar-refractivity contribution in [2.75, 3.05) is 0 Å². The van der Waals surface area contributed by atoms with E-state index in [-0.39, 0.29) is 0 Å². The third-order valence-electron chi connectivity index (χ3n) is 11.0. The van der Waals surface area contributed by atoms with Gasteiger partial charge in [-0.05, 0) is 61.6 Å². The number of aromatic nitrogens is 2. The predicted octanol–water partition coefficient (Wildman–Crippen LogP) is 11.6. The van der Waals surface area contributed by atoms with E-state index in [0.717, 1.165) is 81.6 Å². The van der Waals surface area contributed by atoms with Crippen molar-refractivity contribution in [1.82, 2.24) is 9.38 Å². The summed E-state index contributed by atoms with van der Waals surface area (Å²) in [5.74, 6) is 0. The Morgan fingerprint density at radius 1 is 0.434 bits per heavy atom. The first-order valence-electron chi connectivity index (χ1n) is 18.0. The van der Waals surface area contributed by atoms with Crippen LogP contribution in [0.25, 0.3) is 81.8 Å². The summed E-state index contributed by atoms with van der Waals surface area (Å²) in [5.41, 5.74) is 6.49. The van der Waals surface area contributed by atoms with Gasteiger partial charge in [-0.15, -0.1) is 0 Å². The first-order chi connectivity index (χ1) is 26.2. The average molecular weight is 695 g/mol. The summed E-state index contributed by atoms with van der Waals surface area (Å²) in [7, 11) is -3.31. The summed E-state index contributed by atoms with van der Waals surface area (Å²) in [6.45, 7) is 0. The maximum Gasteiger partial charge on any atom is 0.172 e. The van der Waals surface area contributed by atoms with Gasteiger partial charge in [0.05, 0.1) is 16.6 Å². The summed E-state index contributed by atoms with van der Waals surface area (Å²) in [6, 6.07) is 65.5. The molecule has 53 heavy (non-hydrogen) atoms. The van der Waals surface area contributed by atoms with Crippen LogP contribution in [0.1, 0.15) is 0 Å². The molecule has 11 aromatic rings. The van der Waals surface area contributed by atoms with Crippen molar-refractivity contribution in [3.8, 4) is 11.1 Å². The van der Waals surface area contributed by atoms with E-state index in [1.165, 1.54) is 16.2 Å². The quantitative estimate of drug-likeness (QED) is 0.104. The Hall–Kier alpha value is -6.54. The maximum absolute atomic E-state index is 16.1. The van der Waals surface area contributed by atoms with E-state index in [4.69, 9.17) is 4.98 Å². The molecule has 2 aromatic heterocycles. The lowest BCUT2D eigenvalue weighted by Crippen LogP contribution is -2.26. The summed E-state index contributed by atoms with van der Waals surface area (Å²) in [5, 5.41) is 12.6. The number of pyridine rings is 1. The van der Waals surface area contributed by atoms with Gasteiger partial charge in [0.25, 0.3) is 0 Å². The molecule has 0 unspecified atom stereocenters. The molecule has 0 N–H and O–H groups in total. The molecule has 0 saturated carbocycles. The maximum atomic E-state index is 16.1. The van der Waals surface area contributed by atoms with Gasteiger partial charge in [-0.3, -0.25) is 4.40 Å². The van der Waals surface area contributed by atoms with Crippen molar-refractivity contribution < 1.29 is 4.57 Å². The number of benzene rings is 9. The second-order valence-corrected chi connectivity index (χ2v) is 16.5. The molecule has 0 aliphatic rings. The second-order valence-electron chi connectivity index (χ2n) is 13.8. The van der Waals surface area contributed by atoms with Gasteiger partial charge < -0.3 is 4.57 Å². The number of para-hydroxylation sites is 2. The molecule has 0 aliphatic heterocycles. The van der Waals surface area contributed by atoms with Crippen LogP contribution in [-0.4, -0.2) is 9.38 Å². The molecule has 0 amide bonds. The Morgan fingerprint density at radius 2 is 0.962 bits per heavy atom. The first-order valence-corrected chi connectivity index (χ1v) is 19.7. The van der Waals surface area contributed by atoms with E-state index < -0.39 is 7.14 Å². The molecule has 9 aromatic carbocycles. The Bertz CT molecular complexity index is 3210. The largest absolute Gasteiger partial charge is 0.309 e. The lowest BCUT2D eigenvalue weighted by Gasteiger charge is -2.25. The average Bonchev–Trinajstić information content (AvgIpc) is 3.63.